The first-order valence-electron chi connectivity index (χ1n) is 6.83. The molecule has 158 valence electrons. The van der Waals surface area contributed by atoms with Crippen molar-refractivity contribution in [2.45, 2.75) is 24.4 Å². The van der Waals surface area contributed by atoms with Crippen LogP contribution in [0.5, 0.6) is 5.75 Å². The molecule has 1 aromatic carbocycles. The molecule has 1 rings (SSSR count). The Labute approximate surface area is 180 Å². The first kappa shape index (κ1) is 25.0. The van der Waals surface area contributed by atoms with Gasteiger partial charge < -0.3 is 24.1 Å². The molecule has 0 unspecified atom stereocenters. The number of carboxylic acid groups (broad SMARTS) is 1. The average Bonchev–Trinajstić information content (AvgIpc) is 2.50. The van der Waals surface area contributed by atoms with Crippen LogP contribution in [-0.2, 0) is 14.3 Å². The monoisotopic (exact) mass is 641 g/mol. The van der Waals surface area contributed by atoms with E-state index >= 15 is 0 Å². The summed E-state index contributed by atoms with van der Waals surface area (Å²) in [5.74, 6) is -5.19. The smallest absolute Gasteiger partial charge is 0.437 e. The van der Waals surface area contributed by atoms with E-state index in [0.29, 0.717) is 0 Å². The number of methoxy groups -OCH3 is 1. The summed E-state index contributed by atoms with van der Waals surface area (Å²) in [6, 6.07) is 2.34. The molecule has 1 aromatic rings. The van der Waals surface area contributed by atoms with E-state index in [-0.39, 0.29) is 12.9 Å². The largest absolute Gasteiger partial charge is 0.550 e. The number of ether oxygens (including phenoxy) is 3. The van der Waals surface area contributed by atoms with Crippen LogP contribution in [0.4, 0.5) is 26.3 Å². The number of carbonyl (C=O) groups is 2. The summed E-state index contributed by atoms with van der Waals surface area (Å²) in [5.41, 5.74) is -6.08. The van der Waals surface area contributed by atoms with E-state index in [1.165, 1.54) is 13.2 Å². The molecule has 0 heterocycles. The van der Waals surface area contributed by atoms with Crippen molar-refractivity contribution in [3.8, 4) is 5.75 Å². The number of hydrogen-bond donors (Lipinski definition) is 0. The molecule has 0 radical (unpaired) electrons. The Morgan fingerprint density at radius 3 is 2.04 bits per heavy atom. The van der Waals surface area contributed by atoms with Gasteiger partial charge in [-0.05, 0) is 57.3 Å². The van der Waals surface area contributed by atoms with Crippen molar-refractivity contribution >= 4 is 57.1 Å². The van der Waals surface area contributed by atoms with Crippen LogP contribution in [0.25, 0.3) is 0 Å². The molecule has 14 heteroatoms. The first-order valence-corrected chi connectivity index (χ1v) is 8.99. The van der Waals surface area contributed by atoms with E-state index in [4.69, 9.17) is 4.74 Å². The lowest BCUT2D eigenvalue weighted by molar-refractivity contribution is -0.377. The van der Waals surface area contributed by atoms with Crippen LogP contribution in [0.2, 0.25) is 0 Å². The third-order valence-electron chi connectivity index (χ3n) is 3.13. The number of alkyl halides is 6. The van der Waals surface area contributed by atoms with E-state index in [1.54, 1.807) is 45.2 Å². The highest BCUT2D eigenvalue weighted by molar-refractivity contribution is 14.1. The van der Waals surface area contributed by atoms with Crippen LogP contribution in [0.1, 0.15) is 16.8 Å². The molecule has 6 nitrogen and oxygen atoms in total. The molecule has 28 heavy (non-hydrogen) atoms. The molecule has 0 aromatic heterocycles. The van der Waals surface area contributed by atoms with E-state index in [0.717, 1.165) is 6.07 Å². The van der Waals surface area contributed by atoms with Crippen LogP contribution in [0.3, 0.4) is 0 Å². The van der Waals surface area contributed by atoms with E-state index in [2.05, 4.69) is 9.47 Å². The minimum Gasteiger partial charge on any atom is -0.550 e. The lowest BCUT2D eigenvalue weighted by Gasteiger charge is -2.36. The molecular formula is C14H9F6I2O6-. The van der Waals surface area contributed by atoms with Gasteiger partial charge in [0.25, 0.3) is 0 Å². The molecule has 0 saturated heterocycles. The quantitative estimate of drug-likeness (QED) is 0.197. The minimum absolute atomic E-state index is 0.165. The molecule has 0 aliphatic heterocycles. The zero-order chi connectivity index (χ0) is 21.9. The fourth-order valence-corrected chi connectivity index (χ4v) is 3.91. The van der Waals surface area contributed by atoms with Crippen molar-refractivity contribution in [3.63, 3.8) is 0 Å². The Kier molecular flexibility index (Phi) is 8.20. The maximum Gasteiger partial charge on any atom is 0.437 e. The average molecular weight is 641 g/mol. The highest BCUT2D eigenvalue weighted by atomic mass is 127. The van der Waals surface area contributed by atoms with Gasteiger partial charge in [-0.1, -0.05) is 0 Å². The van der Waals surface area contributed by atoms with Crippen LogP contribution in [-0.4, -0.2) is 43.8 Å². The van der Waals surface area contributed by atoms with Gasteiger partial charge in [-0.25, -0.2) is 4.79 Å². The molecule has 0 amide bonds. The number of carboxylic acids is 1. The van der Waals surface area contributed by atoms with E-state index in [9.17, 15) is 41.0 Å². The molecule has 0 fully saturated rings. The van der Waals surface area contributed by atoms with Gasteiger partial charge >= 0.3 is 23.9 Å². The van der Waals surface area contributed by atoms with Crippen molar-refractivity contribution in [1.82, 2.24) is 0 Å². The summed E-state index contributed by atoms with van der Waals surface area (Å²) in [6.07, 6.45) is -15.2. The Hall–Kier alpha value is -1.04. The second kappa shape index (κ2) is 9.19. The summed E-state index contributed by atoms with van der Waals surface area (Å²) in [6.45, 7) is -0.473. The molecule has 0 atom stereocenters. The molecule has 0 bridgehead atoms. The van der Waals surface area contributed by atoms with Gasteiger partial charge in [0.05, 0.1) is 3.57 Å². The zero-order valence-electron chi connectivity index (χ0n) is 13.5. The van der Waals surface area contributed by atoms with Crippen LogP contribution in [0.15, 0.2) is 12.1 Å². The summed E-state index contributed by atoms with van der Waals surface area (Å²) >= 11 is 3.29. The van der Waals surface area contributed by atoms with Gasteiger partial charge in [-0.15, -0.1) is 0 Å². The normalized spacial score (nSPS) is 12.6. The number of aliphatic carboxylic acids is 1. The molecule has 0 saturated carbocycles. The second-order valence-corrected chi connectivity index (χ2v) is 7.48. The summed E-state index contributed by atoms with van der Waals surface area (Å²) in [5, 5.41) is 10.6. The van der Waals surface area contributed by atoms with Gasteiger partial charge in [0, 0.05) is 23.1 Å². The predicted molar refractivity (Wildman–Crippen MR) is 94.3 cm³/mol. The number of halogens is 8. The summed E-state index contributed by atoms with van der Waals surface area (Å²) < 4.78 is 93.2. The predicted octanol–water partition coefficient (Wildman–Crippen LogP) is 3.04. The lowest BCUT2D eigenvalue weighted by atomic mass is 9.97. The molecule has 0 aliphatic rings. The zero-order valence-corrected chi connectivity index (χ0v) is 17.9. The SMILES string of the molecule is COCOc1c(I)cc(I)cc1C(=O)OC(CC(=O)[O-])(C(F)(F)F)C(F)(F)F. The van der Waals surface area contributed by atoms with Crippen molar-refractivity contribution in [2.75, 3.05) is 13.9 Å². The molecule has 0 spiro atoms. The van der Waals surface area contributed by atoms with Crippen LogP contribution in [0, 0.1) is 7.14 Å². The lowest BCUT2D eigenvalue weighted by Crippen LogP contribution is -2.61. The Bertz CT molecular complexity index is 735. The molecular weight excluding hydrogens is 632 g/mol. The Morgan fingerprint density at radius 1 is 1.07 bits per heavy atom. The summed E-state index contributed by atoms with van der Waals surface area (Å²) in [7, 11) is 1.19. The standard InChI is InChI=1S/C14H10F6I2O6/c1-26-5-27-10-7(2-6(21)3-8(10)22)11(25)28-12(4-9(23)24,13(15,16)17)14(18,19)20/h2-3H,4-5H2,1H3,(H,23,24)/p-1. The summed E-state index contributed by atoms with van der Waals surface area (Å²) in [4.78, 5) is 22.9. The number of rotatable bonds is 7. The topological polar surface area (TPSA) is 84.9 Å². The van der Waals surface area contributed by atoms with Gasteiger partial charge in [-0.3, -0.25) is 0 Å². The van der Waals surface area contributed by atoms with Gasteiger partial charge in [-0.2, -0.15) is 26.3 Å². The molecule has 0 N–H and O–H groups in total. The maximum absolute atomic E-state index is 13.2. The van der Waals surface area contributed by atoms with Crippen molar-refractivity contribution in [1.29, 1.82) is 0 Å². The van der Waals surface area contributed by atoms with Crippen molar-refractivity contribution in [3.05, 3.63) is 24.8 Å². The number of esters is 1. The molecule has 0 aliphatic carbocycles. The third kappa shape index (κ3) is 5.52. The number of carbonyl (C=O) groups excluding carboxylic acids is 2. The Morgan fingerprint density at radius 2 is 1.61 bits per heavy atom. The fraction of sp³-hybridized carbons (Fsp3) is 0.429. The van der Waals surface area contributed by atoms with Gasteiger partial charge in [0.2, 0.25) is 0 Å². The Balaban J connectivity index is 3.53. The van der Waals surface area contributed by atoms with Crippen LogP contribution >= 0.6 is 45.2 Å². The van der Waals surface area contributed by atoms with Crippen molar-refractivity contribution in [2.24, 2.45) is 0 Å². The van der Waals surface area contributed by atoms with Gasteiger partial charge in [0.1, 0.15) is 11.3 Å². The minimum atomic E-state index is -6.29. The van der Waals surface area contributed by atoms with E-state index < -0.39 is 48.7 Å². The number of hydrogen-bond acceptors (Lipinski definition) is 6. The fourth-order valence-electron chi connectivity index (χ4n) is 1.91. The second-order valence-electron chi connectivity index (χ2n) is 5.08. The third-order valence-corrected chi connectivity index (χ3v) is 4.55. The van der Waals surface area contributed by atoms with Crippen LogP contribution < -0.4 is 9.84 Å². The highest BCUT2D eigenvalue weighted by Gasteiger charge is 2.74. The maximum atomic E-state index is 13.2. The van der Waals surface area contributed by atoms with E-state index in [1.807, 2.05) is 0 Å². The van der Waals surface area contributed by atoms with Gasteiger partial charge in [0.15, 0.2) is 6.79 Å². The number of benzene rings is 1. The highest BCUT2D eigenvalue weighted by Crippen LogP contribution is 2.48. The first-order chi connectivity index (χ1) is 12.7. The van der Waals surface area contributed by atoms with Crippen molar-refractivity contribution < 1.29 is 55.2 Å².